The minimum atomic E-state index is 0. The zero-order chi connectivity index (χ0) is 2.00. The van der Waals surface area contributed by atoms with E-state index in [2.05, 4.69) is 13.2 Å². The van der Waals surface area contributed by atoms with Gasteiger partial charge in [0.2, 0.25) is 0 Å². The normalized spacial score (nSPS) is 1.00. The molecule has 0 spiro atoms. The van der Waals surface area contributed by atoms with Crippen molar-refractivity contribution in [3.63, 3.8) is 0 Å². The van der Waals surface area contributed by atoms with Gasteiger partial charge in [-0.2, -0.15) is 0 Å². The zero-order valence-electron chi connectivity index (χ0n) is 2.77. The van der Waals surface area contributed by atoms with Crippen molar-refractivity contribution < 1.29 is 17.1 Å². The molecule has 1 nitrogen and oxygen atoms in total. The molecule has 4 heavy (non-hydrogen) atoms. The molecule has 4 N–H and O–H groups in total. The van der Waals surface area contributed by atoms with Crippen LogP contribution in [0, 0.1) is 0 Å². The van der Waals surface area contributed by atoms with E-state index in [9.17, 15) is 0 Å². The van der Waals surface area contributed by atoms with E-state index >= 15 is 0 Å². The molecule has 1 radical (unpaired) electrons. The van der Waals surface area contributed by atoms with Crippen LogP contribution in [0.5, 0.6) is 0 Å². The summed E-state index contributed by atoms with van der Waals surface area (Å²) in [5, 5.41) is 0. The molecule has 0 atom stereocenters. The van der Waals surface area contributed by atoms with E-state index in [0.29, 0.717) is 0 Å². The predicted molar refractivity (Wildman–Crippen MR) is 17.2 cm³/mol. The molecule has 0 aromatic carbocycles. The van der Waals surface area contributed by atoms with Crippen LogP contribution >= 0.6 is 0 Å². The predicted octanol–water partition coefficient (Wildman–Crippen LogP) is 1.18. The first-order valence-corrected chi connectivity index (χ1v) is 0.500. The zero-order valence-corrected chi connectivity index (χ0v) is 3.87. The minimum Gasteiger partial charge on any atom is -0.369 e. The Balaban J connectivity index is -0.00000000500. The Bertz CT molecular complexity index is 6.00. The molecule has 0 unspecified atom stereocenters. The molecule has 0 amide bonds. The van der Waals surface area contributed by atoms with Crippen molar-refractivity contribution in [2.24, 2.45) is 0 Å². The van der Waals surface area contributed by atoms with Gasteiger partial charge in [0.05, 0.1) is 0 Å². The first-order valence-electron chi connectivity index (χ1n) is 0.500. The van der Waals surface area contributed by atoms with Gasteiger partial charge in [0.15, 0.2) is 0 Å². The van der Waals surface area contributed by atoms with E-state index in [1.54, 1.807) is 0 Å². The second-order valence-corrected chi connectivity index (χ2v) is 0. The summed E-state index contributed by atoms with van der Waals surface area (Å²) >= 11 is 0. The Labute approximate surface area is 37.1 Å². The number of rotatable bonds is 0. The summed E-state index contributed by atoms with van der Waals surface area (Å²) in [5.74, 6) is 0. The van der Waals surface area contributed by atoms with E-state index in [1.807, 2.05) is 0 Å². The monoisotopic (exact) mass is 102 g/mol. The molecule has 0 saturated heterocycles. The quantitative estimate of drug-likeness (QED) is 0.352. The Morgan fingerprint density at radius 3 is 1.00 bits per heavy atom. The fourth-order valence-electron chi connectivity index (χ4n) is 0. The molecular weight excluding hydrogens is 93.9 g/mol. The maximum atomic E-state index is 3.00. The maximum absolute atomic E-state index is 3.00. The number of hydrogen-bond acceptors (Lipinski definition) is 0. The SMILES string of the molecule is C=C.[Fe+3].[NH4+]. The first-order chi connectivity index (χ1) is 1.00. The minimum absolute atomic E-state index is 0. The summed E-state index contributed by atoms with van der Waals surface area (Å²) in [4.78, 5) is 0. The first kappa shape index (κ1) is 29.4. The Morgan fingerprint density at radius 1 is 1.00 bits per heavy atom. The third kappa shape index (κ3) is 68.5. The summed E-state index contributed by atoms with van der Waals surface area (Å²) in [6.45, 7) is 6.00. The Kier molecular flexibility index (Phi) is 2420. The summed E-state index contributed by atoms with van der Waals surface area (Å²) in [5.41, 5.74) is 0. The molecule has 0 aliphatic rings. The van der Waals surface area contributed by atoms with Gasteiger partial charge in [0, 0.05) is 0 Å². The number of hydrogen-bond donors (Lipinski definition) is 1. The van der Waals surface area contributed by atoms with Crippen molar-refractivity contribution in [2.45, 2.75) is 0 Å². The average Bonchev–Trinajstić information content (AvgIpc) is 1.00. The van der Waals surface area contributed by atoms with Gasteiger partial charge in [-0.3, -0.25) is 0 Å². The topological polar surface area (TPSA) is 36.5 Å². The second-order valence-electron chi connectivity index (χ2n) is 0. The maximum Gasteiger partial charge on any atom is 3.00 e. The van der Waals surface area contributed by atoms with Gasteiger partial charge in [-0.25, -0.2) is 0 Å². The van der Waals surface area contributed by atoms with Crippen LogP contribution in [0.4, 0.5) is 0 Å². The van der Waals surface area contributed by atoms with Crippen LogP contribution < -0.4 is 6.15 Å². The molecule has 2 heteroatoms. The third-order valence-electron chi connectivity index (χ3n) is 0. The van der Waals surface area contributed by atoms with Gasteiger partial charge in [-0.1, -0.05) is 0 Å². The second kappa shape index (κ2) is 329. The molecule has 0 fully saturated rings. The smallest absolute Gasteiger partial charge is 0.369 e. The molecule has 0 saturated carbocycles. The van der Waals surface area contributed by atoms with Crippen molar-refractivity contribution in [2.75, 3.05) is 0 Å². The fourth-order valence-corrected chi connectivity index (χ4v) is 0. The molecule has 0 bridgehead atoms. The average molecular weight is 102 g/mol. The molecule has 25 valence electrons. The van der Waals surface area contributed by atoms with Crippen LogP contribution in [0.1, 0.15) is 0 Å². The molecule has 0 aromatic heterocycles. The van der Waals surface area contributed by atoms with Crippen molar-refractivity contribution in [1.29, 1.82) is 0 Å². The fraction of sp³-hybridized carbons (Fsp3) is 0. The van der Waals surface area contributed by atoms with E-state index in [1.165, 1.54) is 0 Å². The standard InChI is InChI=1S/C2H4.Fe.H3N/c1-2;;/h1-2H2;;1H3/q;+3;/p+1. The van der Waals surface area contributed by atoms with Crippen molar-refractivity contribution in [3.8, 4) is 0 Å². The van der Waals surface area contributed by atoms with Gasteiger partial charge < -0.3 is 6.15 Å². The summed E-state index contributed by atoms with van der Waals surface area (Å²) in [7, 11) is 0. The molecule has 0 rings (SSSR count). The Hall–Kier alpha value is 0.219. The van der Waals surface area contributed by atoms with Crippen LogP contribution in [0.2, 0.25) is 0 Å². The molecule has 0 aliphatic carbocycles. The van der Waals surface area contributed by atoms with Crippen LogP contribution in [0.15, 0.2) is 13.2 Å². The van der Waals surface area contributed by atoms with E-state index in [0.717, 1.165) is 0 Å². The van der Waals surface area contributed by atoms with E-state index in [-0.39, 0.29) is 23.2 Å². The van der Waals surface area contributed by atoms with Gasteiger partial charge in [0.1, 0.15) is 0 Å². The summed E-state index contributed by atoms with van der Waals surface area (Å²) in [6.07, 6.45) is 0. The van der Waals surface area contributed by atoms with Crippen molar-refractivity contribution in [1.82, 2.24) is 6.15 Å². The molecule has 0 aromatic rings. The molecular formula is C2H8FeN+4. The van der Waals surface area contributed by atoms with Gasteiger partial charge in [-0.05, 0) is 0 Å². The van der Waals surface area contributed by atoms with Crippen LogP contribution in [-0.4, -0.2) is 0 Å². The molecule has 0 heterocycles. The summed E-state index contributed by atoms with van der Waals surface area (Å²) in [6, 6.07) is 0. The van der Waals surface area contributed by atoms with Crippen LogP contribution in [0.25, 0.3) is 0 Å². The van der Waals surface area contributed by atoms with E-state index in [4.69, 9.17) is 0 Å². The van der Waals surface area contributed by atoms with Crippen LogP contribution in [0.3, 0.4) is 0 Å². The van der Waals surface area contributed by atoms with Crippen molar-refractivity contribution >= 4 is 0 Å². The number of quaternary nitrogens is 1. The third-order valence-corrected chi connectivity index (χ3v) is 0. The van der Waals surface area contributed by atoms with Crippen LogP contribution in [-0.2, 0) is 17.1 Å². The summed E-state index contributed by atoms with van der Waals surface area (Å²) < 4.78 is 0. The Morgan fingerprint density at radius 2 is 1.00 bits per heavy atom. The van der Waals surface area contributed by atoms with Gasteiger partial charge >= 0.3 is 17.1 Å². The van der Waals surface area contributed by atoms with E-state index < -0.39 is 0 Å². The van der Waals surface area contributed by atoms with Gasteiger partial charge in [-0.15, -0.1) is 13.2 Å². The van der Waals surface area contributed by atoms with Crippen molar-refractivity contribution in [3.05, 3.63) is 13.2 Å². The molecule has 0 aliphatic heterocycles. The largest absolute Gasteiger partial charge is 3.00 e. The van der Waals surface area contributed by atoms with Gasteiger partial charge in [0.25, 0.3) is 0 Å².